The van der Waals surface area contributed by atoms with Crippen LogP contribution in [0.25, 0.3) is 0 Å². The summed E-state index contributed by atoms with van der Waals surface area (Å²) in [6.07, 6.45) is 0. The Morgan fingerprint density at radius 2 is 1.94 bits per heavy atom. The van der Waals surface area contributed by atoms with Crippen LogP contribution in [0.1, 0.15) is 0 Å². The van der Waals surface area contributed by atoms with E-state index in [1.165, 1.54) is 12.1 Å². The van der Waals surface area contributed by atoms with Crippen LogP contribution in [-0.2, 0) is 19.0 Å². The number of hydrogen-bond donors (Lipinski definition) is 1. The molecule has 0 aliphatic carbocycles. The van der Waals surface area contributed by atoms with Crippen LogP contribution in [-0.4, -0.2) is 8.42 Å². The van der Waals surface area contributed by atoms with Crippen molar-refractivity contribution in [1.82, 2.24) is 5.59 Å². The third-order valence-electron chi connectivity index (χ3n) is 1.58. The molecule has 0 bridgehead atoms. The maximum atomic E-state index is 10.8. The van der Waals surface area contributed by atoms with Crippen molar-refractivity contribution in [2.45, 2.75) is 0 Å². The summed E-state index contributed by atoms with van der Waals surface area (Å²) in [5.74, 6) is 0. The second-order valence-electron chi connectivity index (χ2n) is 2.67. The van der Waals surface area contributed by atoms with Gasteiger partial charge in [0, 0.05) is 5.02 Å². The molecule has 6 nitrogen and oxygen atoms in total. The van der Waals surface area contributed by atoms with E-state index in [0.29, 0.717) is 5.17 Å². The fourth-order valence-corrected chi connectivity index (χ4v) is 2.13. The normalized spacial score (nSPS) is 19.1. The molecule has 1 fully saturated rings. The van der Waals surface area contributed by atoms with Crippen molar-refractivity contribution in [2.24, 2.45) is 0 Å². The zero-order valence-electron chi connectivity index (χ0n) is 7.28. The molecule has 1 saturated heterocycles. The van der Waals surface area contributed by atoms with Crippen molar-refractivity contribution < 1.29 is 17.0 Å². The first-order valence-electron chi connectivity index (χ1n) is 3.72. The highest BCUT2D eigenvalue weighted by atomic mass is 35.5. The van der Waals surface area contributed by atoms with Crippen LogP contribution in [0.2, 0.25) is 15.1 Å². The predicted octanol–water partition coefficient (Wildman–Crippen LogP) is 2.08. The predicted molar refractivity (Wildman–Crippen MR) is 58.2 cm³/mol. The molecule has 16 heavy (non-hydrogen) atoms. The maximum Gasteiger partial charge on any atom is 0.440 e. The monoisotopic (exact) mass is 304 g/mol. The van der Waals surface area contributed by atoms with Gasteiger partial charge in [-0.3, -0.25) is 0 Å². The number of nitrogens with zero attached hydrogens (tertiary/aromatic N) is 1. The molecule has 1 heterocycles. The second-order valence-corrected chi connectivity index (χ2v) is 5.03. The van der Waals surface area contributed by atoms with Gasteiger partial charge in [-0.05, 0) is 12.1 Å². The highest BCUT2D eigenvalue weighted by Crippen LogP contribution is 2.36. The molecule has 0 spiro atoms. The van der Waals surface area contributed by atoms with E-state index in [9.17, 15) is 8.42 Å². The average Bonchev–Trinajstić information content (AvgIpc) is 2.52. The van der Waals surface area contributed by atoms with E-state index in [-0.39, 0.29) is 20.8 Å². The first kappa shape index (κ1) is 12.2. The Balaban J connectivity index is 2.42. The van der Waals surface area contributed by atoms with E-state index in [1.807, 2.05) is 5.59 Å². The Hall–Kier alpha value is -0.280. The summed E-state index contributed by atoms with van der Waals surface area (Å²) < 4.78 is 30.2. The fourth-order valence-electron chi connectivity index (χ4n) is 0.981. The first-order valence-corrected chi connectivity index (χ1v) is 6.19. The van der Waals surface area contributed by atoms with E-state index in [1.54, 1.807) is 0 Å². The van der Waals surface area contributed by atoms with Crippen LogP contribution in [0.5, 0.6) is 0 Å². The fraction of sp³-hybridized carbons (Fsp3) is 0. The van der Waals surface area contributed by atoms with Gasteiger partial charge in [-0.25, -0.2) is 0 Å². The Morgan fingerprint density at radius 1 is 1.25 bits per heavy atom. The second kappa shape index (κ2) is 4.19. The van der Waals surface area contributed by atoms with E-state index in [0.717, 1.165) is 0 Å². The number of nitrogens with one attached hydrogen (secondary N) is 1. The van der Waals surface area contributed by atoms with Crippen LogP contribution in [0.3, 0.4) is 0 Å². The van der Waals surface area contributed by atoms with Crippen LogP contribution >= 0.6 is 34.8 Å². The van der Waals surface area contributed by atoms with E-state index >= 15 is 0 Å². The smallest absolute Gasteiger partial charge is 0.165 e. The zero-order valence-corrected chi connectivity index (χ0v) is 10.4. The largest absolute Gasteiger partial charge is 0.440 e. The Bertz CT molecular complexity index is 535. The lowest BCUT2D eigenvalue weighted by atomic mass is 10.3. The summed E-state index contributed by atoms with van der Waals surface area (Å²) in [5.41, 5.74) is 2.09. The van der Waals surface area contributed by atoms with Crippen LogP contribution < -0.4 is 10.8 Å². The molecule has 0 saturated carbocycles. The molecule has 1 N–H and O–H groups in total. The third-order valence-corrected chi connectivity index (χ3v) is 3.20. The standard InChI is InChI=1S/C6H3Cl3N2O4S/c7-3-1-4(8)6(9)5(2-3)11-10-14-16(12,13)15-11/h1-2,10H. The molecular formula is C6H3Cl3N2O4S. The molecule has 2 rings (SSSR count). The zero-order chi connectivity index (χ0) is 11.9. The minimum absolute atomic E-state index is 0.0688. The SMILES string of the molecule is O=S1(=O)ONN(c2cc(Cl)cc(Cl)c2Cl)O1. The van der Waals surface area contributed by atoms with Crippen LogP contribution in [0, 0.1) is 0 Å². The lowest BCUT2D eigenvalue weighted by Crippen LogP contribution is -2.28. The van der Waals surface area contributed by atoms with Crippen molar-refractivity contribution in [1.29, 1.82) is 0 Å². The van der Waals surface area contributed by atoms with Gasteiger partial charge in [-0.15, -0.1) is 13.7 Å². The van der Waals surface area contributed by atoms with Gasteiger partial charge in [0.15, 0.2) is 0 Å². The van der Waals surface area contributed by atoms with E-state index in [2.05, 4.69) is 8.57 Å². The van der Waals surface area contributed by atoms with Crippen LogP contribution in [0.15, 0.2) is 12.1 Å². The maximum absolute atomic E-state index is 10.8. The number of benzene rings is 1. The van der Waals surface area contributed by atoms with Gasteiger partial charge in [-0.1, -0.05) is 40.4 Å². The van der Waals surface area contributed by atoms with Crippen molar-refractivity contribution >= 4 is 50.9 Å². The summed E-state index contributed by atoms with van der Waals surface area (Å²) >= 11 is 17.3. The topological polar surface area (TPSA) is 67.9 Å². The Kier molecular flexibility index (Phi) is 3.19. The molecule has 0 amide bonds. The summed E-state index contributed by atoms with van der Waals surface area (Å²) in [4.78, 5) is 0. The van der Waals surface area contributed by atoms with Gasteiger partial charge in [0.1, 0.15) is 5.69 Å². The minimum atomic E-state index is -4.12. The lowest BCUT2D eigenvalue weighted by Gasteiger charge is -2.13. The quantitative estimate of drug-likeness (QED) is 0.801. The summed E-state index contributed by atoms with van der Waals surface area (Å²) in [7, 11) is -4.12. The third kappa shape index (κ3) is 2.35. The van der Waals surface area contributed by atoms with Gasteiger partial charge < -0.3 is 0 Å². The Labute approximate surface area is 106 Å². The molecule has 1 aromatic rings. The van der Waals surface area contributed by atoms with E-state index in [4.69, 9.17) is 34.8 Å². The van der Waals surface area contributed by atoms with Gasteiger partial charge >= 0.3 is 10.4 Å². The van der Waals surface area contributed by atoms with Crippen molar-refractivity contribution in [3.63, 3.8) is 0 Å². The molecule has 0 aromatic heterocycles. The van der Waals surface area contributed by atoms with Gasteiger partial charge in [-0.2, -0.15) is 8.42 Å². The number of hydrogen-bond acceptors (Lipinski definition) is 6. The number of hydrazine groups is 1. The molecule has 0 unspecified atom stereocenters. The molecule has 88 valence electrons. The lowest BCUT2D eigenvalue weighted by molar-refractivity contribution is 0.198. The molecule has 10 heteroatoms. The van der Waals surface area contributed by atoms with Gasteiger partial charge in [0.05, 0.1) is 10.0 Å². The highest BCUT2D eigenvalue weighted by molar-refractivity contribution is 7.82. The average molecular weight is 306 g/mol. The van der Waals surface area contributed by atoms with Crippen LogP contribution in [0.4, 0.5) is 5.69 Å². The molecule has 0 radical (unpaired) electrons. The number of halogens is 3. The molecule has 0 atom stereocenters. The van der Waals surface area contributed by atoms with Gasteiger partial charge in [0.25, 0.3) is 0 Å². The van der Waals surface area contributed by atoms with Crippen molar-refractivity contribution in [2.75, 3.05) is 5.17 Å². The summed E-state index contributed by atoms with van der Waals surface area (Å²) in [5, 5.41) is 1.17. The van der Waals surface area contributed by atoms with Crippen molar-refractivity contribution in [3.05, 3.63) is 27.2 Å². The number of anilines is 1. The molecule has 1 aliphatic rings. The number of rotatable bonds is 1. The summed E-state index contributed by atoms with van der Waals surface area (Å²) in [6, 6.07) is 2.76. The minimum Gasteiger partial charge on any atom is -0.165 e. The van der Waals surface area contributed by atoms with Crippen molar-refractivity contribution in [3.8, 4) is 0 Å². The van der Waals surface area contributed by atoms with Gasteiger partial charge in [0.2, 0.25) is 0 Å². The molecule has 1 aromatic carbocycles. The summed E-state index contributed by atoms with van der Waals surface area (Å²) in [6.45, 7) is 0. The molecule has 1 aliphatic heterocycles. The highest BCUT2D eigenvalue weighted by Gasteiger charge is 2.31. The molecular weight excluding hydrogens is 303 g/mol. The first-order chi connectivity index (χ1) is 7.39. The Morgan fingerprint density at radius 3 is 2.50 bits per heavy atom. The van der Waals surface area contributed by atoms with E-state index < -0.39 is 10.4 Å².